The van der Waals surface area contributed by atoms with Crippen molar-refractivity contribution in [3.05, 3.63) is 60.7 Å². The van der Waals surface area contributed by atoms with E-state index in [1.165, 1.54) is 10.4 Å². The topological polar surface area (TPSA) is 81.7 Å². The zero-order valence-corrected chi connectivity index (χ0v) is 42.7. The minimum absolute atomic E-state index is 0.0233. The van der Waals surface area contributed by atoms with Gasteiger partial charge in [0.25, 0.3) is 8.32 Å². The summed E-state index contributed by atoms with van der Waals surface area (Å²) in [6.07, 6.45) is 4.54. The summed E-state index contributed by atoms with van der Waals surface area (Å²) in [6, 6.07) is 21.8. The van der Waals surface area contributed by atoms with Crippen LogP contribution < -0.4 is 10.4 Å². The number of carbonyl (C=O) groups is 1. The molecule has 2 aromatic rings. The van der Waals surface area contributed by atoms with E-state index in [1.807, 2.05) is 0 Å². The Balaban J connectivity index is 1.18. The maximum absolute atomic E-state index is 13.5. The Morgan fingerprint density at radius 3 is 1.88 bits per heavy atom. The molecule has 11 heteroatoms. The number of ether oxygens (including phenoxy) is 4. The molecule has 0 radical (unpaired) electrons. The summed E-state index contributed by atoms with van der Waals surface area (Å²) in [7, 11) is -6.89. The Bertz CT molecular complexity index is 1680. The molecule has 0 unspecified atom stereocenters. The molecule has 0 bridgehead atoms. The van der Waals surface area contributed by atoms with Crippen LogP contribution in [0.3, 0.4) is 0 Å². The first-order valence-corrected chi connectivity index (χ1v) is 30.8. The lowest BCUT2D eigenvalue weighted by molar-refractivity contribution is -0.310. The van der Waals surface area contributed by atoms with Crippen molar-refractivity contribution in [2.24, 2.45) is 0 Å². The number of rotatable bonds is 12. The number of benzene rings is 2. The molecule has 60 heavy (non-hydrogen) atoms. The molecule has 0 spiro atoms. The van der Waals surface area contributed by atoms with Gasteiger partial charge in [0.2, 0.25) is 0 Å². The van der Waals surface area contributed by atoms with Gasteiger partial charge in [0.1, 0.15) is 12.2 Å². The third-order valence-corrected chi connectivity index (χ3v) is 29.2. The number of ketones is 1. The lowest BCUT2D eigenvalue weighted by Crippen LogP contribution is -2.66. The molecule has 0 aliphatic carbocycles. The molecule has 6 rings (SSSR count). The van der Waals surface area contributed by atoms with Crippen LogP contribution in [0.25, 0.3) is 0 Å². The molecule has 4 heterocycles. The van der Waals surface area contributed by atoms with Gasteiger partial charge < -0.3 is 32.2 Å². The lowest BCUT2D eigenvalue weighted by atomic mass is 9.79. The summed E-state index contributed by atoms with van der Waals surface area (Å²) < 4.78 is 49.4. The standard InChI is InChI=1S/C49H80O8Si3/c1-46(2,3)58(11,12)52-34-43-38(50)28-21-29-44-49(10,56-43)33-42-39(54-44)32-40-45(55-42)41(57-59(13,14)47(4,5)6)31-35(53-40)23-22-30-51-60(48(7,8)9,36-24-17-15-18-25-36)37-26-19-16-20-27-37/h15-20,24-27,35,39-45H,21-23,28-34H2,1-14H3/t35-,39+,40-,41+,42-,43-,44-,45-,49+/m1/s1. The van der Waals surface area contributed by atoms with Gasteiger partial charge in [-0.1, -0.05) is 123 Å². The van der Waals surface area contributed by atoms with Crippen molar-refractivity contribution >= 4 is 41.1 Å². The number of Topliss-reactive ketones (excluding diaryl/α,β-unsaturated/α-hetero) is 1. The molecule has 4 fully saturated rings. The van der Waals surface area contributed by atoms with Gasteiger partial charge in [-0.3, -0.25) is 4.79 Å². The normalized spacial score (nSPS) is 31.1. The second kappa shape index (κ2) is 18.2. The van der Waals surface area contributed by atoms with E-state index in [1.54, 1.807) is 0 Å². The molecule has 4 aliphatic heterocycles. The van der Waals surface area contributed by atoms with Crippen LogP contribution in [0.2, 0.25) is 41.3 Å². The molecule has 8 nitrogen and oxygen atoms in total. The van der Waals surface area contributed by atoms with E-state index >= 15 is 0 Å². The highest BCUT2D eigenvalue weighted by Crippen LogP contribution is 2.47. The quantitative estimate of drug-likeness (QED) is 0.154. The van der Waals surface area contributed by atoms with E-state index in [-0.39, 0.29) is 70.2 Å². The molecule has 4 aliphatic rings. The van der Waals surface area contributed by atoms with Gasteiger partial charge >= 0.3 is 0 Å². The second-order valence-corrected chi connectivity index (χ2v) is 36.6. The molecule has 2 aromatic carbocycles. The smallest absolute Gasteiger partial charge is 0.261 e. The first-order valence-electron chi connectivity index (χ1n) is 23.1. The number of fused-ring (bicyclic) bond motifs is 3. The maximum atomic E-state index is 13.5. The van der Waals surface area contributed by atoms with Gasteiger partial charge in [0.05, 0.1) is 48.8 Å². The SMILES string of the molecule is CC(C)(C)[Si](C)(C)OC[C@H]1O[C@@]2(C)C[C@H]3O[C@H]4[C@@H](O[Si](C)(C)C(C)(C)C)C[C@@H](CCCO[Si](c5ccccc5)(c5ccccc5)C(C)(C)C)O[C@@H]4C[C@@H]3O[C@@H]2CCCC1=O. The predicted octanol–water partition coefficient (Wildman–Crippen LogP) is 10.1. The summed E-state index contributed by atoms with van der Waals surface area (Å²) in [4.78, 5) is 13.5. The lowest BCUT2D eigenvalue weighted by Gasteiger charge is -2.56. The van der Waals surface area contributed by atoms with Gasteiger partial charge in [0.15, 0.2) is 22.4 Å². The van der Waals surface area contributed by atoms with Crippen LogP contribution in [0.4, 0.5) is 0 Å². The van der Waals surface area contributed by atoms with Crippen LogP contribution in [0, 0.1) is 0 Å². The Morgan fingerprint density at radius 1 is 0.717 bits per heavy atom. The highest BCUT2D eigenvalue weighted by Gasteiger charge is 2.57. The largest absolute Gasteiger partial charge is 0.414 e. The average Bonchev–Trinajstić information content (AvgIpc) is 3.15. The van der Waals surface area contributed by atoms with Crippen molar-refractivity contribution in [3.63, 3.8) is 0 Å². The zero-order valence-electron chi connectivity index (χ0n) is 39.7. The van der Waals surface area contributed by atoms with Crippen molar-refractivity contribution in [3.8, 4) is 0 Å². The molecule has 0 aromatic heterocycles. The van der Waals surface area contributed by atoms with Crippen LogP contribution in [-0.2, 0) is 37.0 Å². The predicted molar refractivity (Wildman–Crippen MR) is 250 cm³/mol. The Kier molecular flexibility index (Phi) is 14.5. The van der Waals surface area contributed by atoms with E-state index in [0.29, 0.717) is 19.4 Å². The van der Waals surface area contributed by atoms with Crippen molar-refractivity contribution in [1.29, 1.82) is 0 Å². The Morgan fingerprint density at radius 2 is 1.32 bits per heavy atom. The van der Waals surface area contributed by atoms with Gasteiger partial charge in [-0.15, -0.1) is 0 Å². The third-order valence-electron chi connectivity index (χ3n) is 15.2. The summed E-state index contributed by atoms with van der Waals surface area (Å²) >= 11 is 0. The van der Waals surface area contributed by atoms with Gasteiger partial charge in [-0.05, 0) is 84.3 Å². The van der Waals surface area contributed by atoms with Crippen LogP contribution in [0.5, 0.6) is 0 Å². The van der Waals surface area contributed by atoms with Gasteiger partial charge in [-0.25, -0.2) is 0 Å². The molecule has 9 atom stereocenters. The Hall–Kier alpha value is -1.52. The van der Waals surface area contributed by atoms with Crippen LogP contribution in [0.1, 0.15) is 121 Å². The molecule has 0 saturated carbocycles. The van der Waals surface area contributed by atoms with E-state index < -0.39 is 36.7 Å². The summed E-state index contributed by atoms with van der Waals surface area (Å²) in [5.74, 6) is 0.131. The molecule has 4 saturated heterocycles. The highest BCUT2D eigenvalue weighted by molar-refractivity contribution is 6.99. The fraction of sp³-hybridized carbons (Fsp3) is 0.735. The van der Waals surface area contributed by atoms with E-state index in [0.717, 1.165) is 38.5 Å². The first kappa shape index (κ1) is 47.9. The van der Waals surface area contributed by atoms with Gasteiger partial charge in [0, 0.05) is 32.3 Å². The van der Waals surface area contributed by atoms with Crippen molar-refractivity contribution in [2.45, 2.75) is 216 Å². The zero-order chi connectivity index (χ0) is 43.9. The molecule has 0 N–H and O–H groups in total. The first-order chi connectivity index (χ1) is 27.9. The van der Waals surface area contributed by atoms with Crippen LogP contribution >= 0.6 is 0 Å². The third kappa shape index (κ3) is 10.2. The number of hydrogen-bond acceptors (Lipinski definition) is 8. The minimum atomic E-state index is -2.64. The molecular formula is C49H80O8Si3. The number of hydrogen-bond donors (Lipinski definition) is 0. The van der Waals surface area contributed by atoms with Crippen molar-refractivity contribution in [1.82, 2.24) is 0 Å². The molecular weight excluding hydrogens is 801 g/mol. The molecule has 0 amide bonds. The second-order valence-electron chi connectivity index (χ2n) is 22.7. The fourth-order valence-corrected chi connectivity index (χ4v) is 16.5. The molecule has 336 valence electrons. The van der Waals surface area contributed by atoms with Crippen LogP contribution in [0.15, 0.2) is 60.7 Å². The van der Waals surface area contributed by atoms with E-state index in [9.17, 15) is 4.79 Å². The summed E-state index contributed by atoms with van der Waals surface area (Å²) in [6.45, 7) is 32.8. The summed E-state index contributed by atoms with van der Waals surface area (Å²) in [5.41, 5.74) is -0.676. The summed E-state index contributed by atoms with van der Waals surface area (Å²) in [5, 5.41) is 2.62. The average molecular weight is 881 g/mol. The monoisotopic (exact) mass is 881 g/mol. The minimum Gasteiger partial charge on any atom is -0.414 e. The maximum Gasteiger partial charge on any atom is 0.261 e. The highest BCUT2D eigenvalue weighted by atomic mass is 28.4. The van der Waals surface area contributed by atoms with Crippen molar-refractivity contribution in [2.75, 3.05) is 13.2 Å². The Labute approximate surface area is 366 Å². The number of carbonyl (C=O) groups excluding carboxylic acids is 1. The van der Waals surface area contributed by atoms with Gasteiger partial charge in [-0.2, -0.15) is 0 Å². The van der Waals surface area contributed by atoms with Crippen molar-refractivity contribution < 1.29 is 37.0 Å². The van der Waals surface area contributed by atoms with Crippen LogP contribution in [-0.4, -0.2) is 98.4 Å². The fourth-order valence-electron chi connectivity index (χ4n) is 9.55. The van der Waals surface area contributed by atoms with E-state index in [2.05, 4.69) is 156 Å². The van der Waals surface area contributed by atoms with E-state index in [4.69, 9.17) is 32.2 Å².